The summed E-state index contributed by atoms with van der Waals surface area (Å²) < 4.78 is 26.1. The van der Waals surface area contributed by atoms with E-state index < -0.39 is 11.6 Å². The number of hydrogen-bond donors (Lipinski definition) is 1. The normalized spacial score (nSPS) is 20.3. The van der Waals surface area contributed by atoms with E-state index in [1.54, 1.807) is 0 Å². The molecule has 0 amide bonds. The van der Waals surface area contributed by atoms with E-state index in [9.17, 15) is 8.78 Å². The molecule has 2 nitrogen and oxygen atoms in total. The molecule has 1 saturated heterocycles. The van der Waals surface area contributed by atoms with Crippen LogP contribution in [0.25, 0.3) is 0 Å². The molecule has 2 rings (SSSR count). The Morgan fingerprint density at radius 2 is 1.76 bits per heavy atom. The molecule has 17 heavy (non-hydrogen) atoms. The van der Waals surface area contributed by atoms with Crippen molar-refractivity contribution in [1.29, 1.82) is 0 Å². The highest BCUT2D eigenvalue weighted by molar-refractivity contribution is 5.85. The molecule has 0 bridgehead atoms. The van der Waals surface area contributed by atoms with Gasteiger partial charge in [0.1, 0.15) is 11.6 Å². The average molecular weight is 285 g/mol. The van der Waals surface area contributed by atoms with Gasteiger partial charge in [0.25, 0.3) is 0 Å². The standard InChI is InChI=1S/C11H14F2N2.2ClH/c1-15-3-2-14-7-11(15)8-4-9(12)6-10(13)5-8;;/h4-6,11,14H,2-3,7H2,1H3;2*1H. The molecule has 0 saturated carbocycles. The van der Waals surface area contributed by atoms with E-state index in [0.29, 0.717) is 5.56 Å². The van der Waals surface area contributed by atoms with Crippen molar-refractivity contribution in [2.24, 2.45) is 0 Å². The van der Waals surface area contributed by atoms with Crippen LogP contribution in [0.5, 0.6) is 0 Å². The highest BCUT2D eigenvalue weighted by Crippen LogP contribution is 2.22. The summed E-state index contributed by atoms with van der Waals surface area (Å²) in [5.74, 6) is -1.02. The molecule has 1 aliphatic rings. The van der Waals surface area contributed by atoms with Crippen LogP contribution in [0.3, 0.4) is 0 Å². The van der Waals surface area contributed by atoms with E-state index >= 15 is 0 Å². The molecule has 1 aromatic carbocycles. The van der Waals surface area contributed by atoms with Gasteiger partial charge in [-0.05, 0) is 24.7 Å². The maximum absolute atomic E-state index is 13.0. The minimum absolute atomic E-state index is 0. The smallest absolute Gasteiger partial charge is 0.126 e. The molecule has 0 spiro atoms. The first-order valence-corrected chi connectivity index (χ1v) is 5.04. The lowest BCUT2D eigenvalue weighted by atomic mass is 10.0. The molecule has 1 N–H and O–H groups in total. The molecule has 1 atom stereocenters. The van der Waals surface area contributed by atoms with Gasteiger partial charge in [-0.1, -0.05) is 0 Å². The molecule has 1 aliphatic heterocycles. The summed E-state index contributed by atoms with van der Waals surface area (Å²) in [6, 6.07) is 3.76. The van der Waals surface area contributed by atoms with Crippen molar-refractivity contribution in [2.75, 3.05) is 26.7 Å². The van der Waals surface area contributed by atoms with Crippen LogP contribution in [-0.4, -0.2) is 31.6 Å². The van der Waals surface area contributed by atoms with Crippen molar-refractivity contribution in [2.45, 2.75) is 6.04 Å². The maximum atomic E-state index is 13.0. The Balaban J connectivity index is 0.00000128. The Kier molecular flexibility index (Phi) is 6.94. The second kappa shape index (κ2) is 7.11. The van der Waals surface area contributed by atoms with Gasteiger partial charge in [0.15, 0.2) is 0 Å². The van der Waals surface area contributed by atoms with Crippen molar-refractivity contribution in [1.82, 2.24) is 10.2 Å². The third-order valence-electron chi connectivity index (χ3n) is 2.78. The van der Waals surface area contributed by atoms with E-state index in [1.165, 1.54) is 12.1 Å². The fourth-order valence-corrected chi connectivity index (χ4v) is 1.95. The Hall–Kier alpha value is -0.420. The molecule has 1 aromatic rings. The number of rotatable bonds is 1. The zero-order valence-corrected chi connectivity index (χ0v) is 11.1. The summed E-state index contributed by atoms with van der Waals surface area (Å²) >= 11 is 0. The fraction of sp³-hybridized carbons (Fsp3) is 0.455. The van der Waals surface area contributed by atoms with Gasteiger partial charge in [0.05, 0.1) is 0 Å². The van der Waals surface area contributed by atoms with Gasteiger partial charge in [-0.2, -0.15) is 0 Å². The quantitative estimate of drug-likeness (QED) is 0.852. The van der Waals surface area contributed by atoms with Crippen molar-refractivity contribution in [3.05, 3.63) is 35.4 Å². The van der Waals surface area contributed by atoms with Gasteiger partial charge >= 0.3 is 0 Å². The Morgan fingerprint density at radius 1 is 1.18 bits per heavy atom. The van der Waals surface area contributed by atoms with Crippen LogP contribution in [0.2, 0.25) is 0 Å². The molecule has 0 aromatic heterocycles. The molecule has 0 aliphatic carbocycles. The van der Waals surface area contributed by atoms with E-state index in [4.69, 9.17) is 0 Å². The largest absolute Gasteiger partial charge is 0.314 e. The van der Waals surface area contributed by atoms with Gasteiger partial charge in [0.2, 0.25) is 0 Å². The van der Waals surface area contributed by atoms with Gasteiger partial charge < -0.3 is 5.32 Å². The molecule has 1 heterocycles. The summed E-state index contributed by atoms with van der Waals surface area (Å²) in [5, 5.41) is 3.22. The lowest BCUT2D eigenvalue weighted by molar-refractivity contribution is 0.201. The zero-order valence-electron chi connectivity index (χ0n) is 9.45. The molecule has 1 fully saturated rings. The number of halogens is 4. The number of piperazine rings is 1. The number of benzene rings is 1. The molecule has 6 heteroatoms. The Bertz CT molecular complexity index is 343. The first-order valence-electron chi connectivity index (χ1n) is 5.04. The average Bonchev–Trinajstić information content (AvgIpc) is 2.16. The second-order valence-corrected chi connectivity index (χ2v) is 3.90. The van der Waals surface area contributed by atoms with Crippen LogP contribution in [0.15, 0.2) is 18.2 Å². The SMILES string of the molecule is CN1CCNCC1c1cc(F)cc(F)c1.Cl.Cl. The van der Waals surface area contributed by atoms with E-state index in [-0.39, 0.29) is 30.9 Å². The van der Waals surface area contributed by atoms with Crippen molar-refractivity contribution in [3.8, 4) is 0 Å². The monoisotopic (exact) mass is 284 g/mol. The third-order valence-corrected chi connectivity index (χ3v) is 2.78. The number of hydrogen-bond acceptors (Lipinski definition) is 2. The summed E-state index contributed by atoms with van der Waals surface area (Å²) in [4.78, 5) is 2.10. The Labute approximate surface area is 112 Å². The lowest BCUT2D eigenvalue weighted by Crippen LogP contribution is -2.43. The fourth-order valence-electron chi connectivity index (χ4n) is 1.95. The van der Waals surface area contributed by atoms with Crippen LogP contribution in [0, 0.1) is 11.6 Å². The summed E-state index contributed by atoms with van der Waals surface area (Å²) in [7, 11) is 1.97. The summed E-state index contributed by atoms with van der Waals surface area (Å²) in [6.07, 6.45) is 0. The molecule has 0 radical (unpaired) electrons. The first-order chi connectivity index (χ1) is 7.16. The van der Waals surface area contributed by atoms with Gasteiger partial charge in [0, 0.05) is 31.7 Å². The minimum Gasteiger partial charge on any atom is -0.314 e. The number of likely N-dealkylation sites (N-methyl/N-ethyl adjacent to an activating group) is 1. The molecular weight excluding hydrogens is 269 g/mol. The predicted molar refractivity (Wildman–Crippen MR) is 69.1 cm³/mol. The van der Waals surface area contributed by atoms with Crippen LogP contribution in [0.4, 0.5) is 8.78 Å². The lowest BCUT2D eigenvalue weighted by Gasteiger charge is -2.33. The zero-order chi connectivity index (χ0) is 10.8. The van der Waals surface area contributed by atoms with Crippen LogP contribution >= 0.6 is 24.8 Å². The van der Waals surface area contributed by atoms with Crippen molar-refractivity contribution >= 4 is 24.8 Å². The highest BCUT2D eigenvalue weighted by Gasteiger charge is 2.21. The molecular formula is C11H16Cl2F2N2. The highest BCUT2D eigenvalue weighted by atomic mass is 35.5. The van der Waals surface area contributed by atoms with Gasteiger partial charge in [-0.15, -0.1) is 24.8 Å². The summed E-state index contributed by atoms with van der Waals surface area (Å²) in [6.45, 7) is 2.55. The number of nitrogens with one attached hydrogen (secondary N) is 1. The van der Waals surface area contributed by atoms with Crippen molar-refractivity contribution < 1.29 is 8.78 Å². The van der Waals surface area contributed by atoms with E-state index in [0.717, 1.165) is 25.7 Å². The van der Waals surface area contributed by atoms with Crippen molar-refractivity contribution in [3.63, 3.8) is 0 Å². The molecule has 1 unspecified atom stereocenters. The predicted octanol–water partition coefficient (Wildman–Crippen LogP) is 2.38. The minimum atomic E-state index is -0.510. The van der Waals surface area contributed by atoms with Crippen LogP contribution in [-0.2, 0) is 0 Å². The summed E-state index contributed by atoms with van der Waals surface area (Å²) in [5.41, 5.74) is 0.696. The van der Waals surface area contributed by atoms with Gasteiger partial charge in [-0.25, -0.2) is 8.78 Å². The van der Waals surface area contributed by atoms with Crippen LogP contribution in [0.1, 0.15) is 11.6 Å². The topological polar surface area (TPSA) is 15.3 Å². The van der Waals surface area contributed by atoms with E-state index in [2.05, 4.69) is 10.2 Å². The third kappa shape index (κ3) is 4.07. The second-order valence-electron chi connectivity index (χ2n) is 3.90. The Morgan fingerprint density at radius 3 is 2.29 bits per heavy atom. The first kappa shape index (κ1) is 16.6. The molecule has 98 valence electrons. The number of nitrogens with zero attached hydrogens (tertiary/aromatic N) is 1. The van der Waals surface area contributed by atoms with E-state index in [1.807, 2.05) is 7.05 Å². The van der Waals surface area contributed by atoms with Crippen LogP contribution < -0.4 is 5.32 Å². The maximum Gasteiger partial charge on any atom is 0.126 e. The van der Waals surface area contributed by atoms with Gasteiger partial charge in [-0.3, -0.25) is 4.90 Å².